The molecule has 0 amide bonds. The van der Waals surface area contributed by atoms with E-state index in [0.29, 0.717) is 0 Å². The standard InChI is InChI=1S/C13H11N3S/c1-2-5-11(6-3-1)16-10-14-15-13(16)9-12-7-4-8-17-12/h1-8,10H,9H2. The Bertz CT molecular complexity index is 584. The second-order valence-corrected chi connectivity index (χ2v) is 4.74. The minimum absolute atomic E-state index is 0.826. The van der Waals surface area contributed by atoms with Gasteiger partial charge in [-0.1, -0.05) is 24.3 Å². The van der Waals surface area contributed by atoms with Crippen molar-refractivity contribution in [2.45, 2.75) is 6.42 Å². The topological polar surface area (TPSA) is 30.7 Å². The quantitative estimate of drug-likeness (QED) is 0.706. The molecule has 84 valence electrons. The Morgan fingerprint density at radius 1 is 1.06 bits per heavy atom. The summed E-state index contributed by atoms with van der Waals surface area (Å²) in [6, 6.07) is 14.3. The molecule has 0 fully saturated rings. The van der Waals surface area contributed by atoms with E-state index in [1.165, 1.54) is 4.88 Å². The maximum Gasteiger partial charge on any atom is 0.142 e. The van der Waals surface area contributed by atoms with Crippen molar-refractivity contribution in [2.24, 2.45) is 0 Å². The Kier molecular flexibility index (Phi) is 2.71. The highest BCUT2D eigenvalue weighted by atomic mass is 32.1. The van der Waals surface area contributed by atoms with Crippen LogP contribution in [0, 0.1) is 0 Å². The molecule has 0 N–H and O–H groups in total. The number of hydrogen-bond acceptors (Lipinski definition) is 3. The van der Waals surface area contributed by atoms with Crippen LogP contribution in [0.25, 0.3) is 5.69 Å². The molecule has 3 nitrogen and oxygen atoms in total. The van der Waals surface area contributed by atoms with E-state index >= 15 is 0 Å². The molecule has 0 unspecified atom stereocenters. The SMILES string of the molecule is c1ccc(-n2cnnc2Cc2cccs2)cc1. The second kappa shape index (κ2) is 4.51. The maximum absolute atomic E-state index is 4.19. The van der Waals surface area contributed by atoms with Crippen LogP contribution in [-0.2, 0) is 6.42 Å². The van der Waals surface area contributed by atoms with E-state index in [1.807, 2.05) is 22.8 Å². The van der Waals surface area contributed by atoms with E-state index in [9.17, 15) is 0 Å². The van der Waals surface area contributed by atoms with Crippen LogP contribution in [-0.4, -0.2) is 14.8 Å². The lowest BCUT2D eigenvalue weighted by atomic mass is 10.3. The highest BCUT2D eigenvalue weighted by Crippen LogP contribution is 2.16. The van der Waals surface area contributed by atoms with Crippen molar-refractivity contribution in [3.05, 3.63) is 64.9 Å². The molecule has 2 aromatic heterocycles. The third-order valence-electron chi connectivity index (χ3n) is 2.57. The van der Waals surface area contributed by atoms with Crippen LogP contribution in [0.4, 0.5) is 0 Å². The number of para-hydroxylation sites is 1. The van der Waals surface area contributed by atoms with E-state index in [4.69, 9.17) is 0 Å². The Hall–Kier alpha value is -1.94. The van der Waals surface area contributed by atoms with E-state index in [-0.39, 0.29) is 0 Å². The first-order valence-electron chi connectivity index (χ1n) is 5.40. The average Bonchev–Trinajstić information content (AvgIpc) is 3.02. The number of nitrogens with zero attached hydrogens (tertiary/aromatic N) is 3. The summed E-state index contributed by atoms with van der Waals surface area (Å²) in [5, 5.41) is 10.3. The summed E-state index contributed by atoms with van der Waals surface area (Å²) in [5.74, 6) is 0.971. The largest absolute Gasteiger partial charge is 0.285 e. The fraction of sp³-hybridized carbons (Fsp3) is 0.0769. The van der Waals surface area contributed by atoms with Gasteiger partial charge in [0.2, 0.25) is 0 Å². The van der Waals surface area contributed by atoms with Crippen molar-refractivity contribution in [3.8, 4) is 5.69 Å². The number of hydrogen-bond donors (Lipinski definition) is 0. The van der Waals surface area contributed by atoms with E-state index < -0.39 is 0 Å². The summed E-state index contributed by atoms with van der Waals surface area (Å²) >= 11 is 1.74. The molecule has 0 saturated heterocycles. The molecule has 0 spiro atoms. The molecule has 17 heavy (non-hydrogen) atoms. The summed E-state index contributed by atoms with van der Waals surface area (Å²) in [5.41, 5.74) is 1.10. The minimum atomic E-state index is 0.826. The van der Waals surface area contributed by atoms with Gasteiger partial charge in [0.1, 0.15) is 12.2 Å². The van der Waals surface area contributed by atoms with Gasteiger partial charge in [-0.15, -0.1) is 21.5 Å². The first-order valence-corrected chi connectivity index (χ1v) is 6.28. The molecule has 3 rings (SSSR count). The lowest BCUT2D eigenvalue weighted by molar-refractivity contribution is 0.914. The van der Waals surface area contributed by atoms with Crippen LogP contribution in [0.15, 0.2) is 54.2 Å². The molecule has 2 heterocycles. The third kappa shape index (κ3) is 2.12. The number of aromatic nitrogens is 3. The summed E-state index contributed by atoms with van der Waals surface area (Å²) < 4.78 is 2.03. The highest BCUT2D eigenvalue weighted by Gasteiger charge is 2.07. The predicted octanol–water partition coefficient (Wildman–Crippen LogP) is 2.92. The van der Waals surface area contributed by atoms with Crippen molar-refractivity contribution in [1.29, 1.82) is 0 Å². The Balaban J connectivity index is 1.95. The van der Waals surface area contributed by atoms with Crippen molar-refractivity contribution in [3.63, 3.8) is 0 Å². The number of thiophene rings is 1. The van der Waals surface area contributed by atoms with Gasteiger partial charge < -0.3 is 0 Å². The molecule has 0 aliphatic rings. The van der Waals surface area contributed by atoms with Gasteiger partial charge in [0.25, 0.3) is 0 Å². The van der Waals surface area contributed by atoms with Crippen molar-refractivity contribution in [1.82, 2.24) is 14.8 Å². The molecule has 0 aliphatic carbocycles. The van der Waals surface area contributed by atoms with E-state index in [1.54, 1.807) is 17.7 Å². The van der Waals surface area contributed by atoms with Gasteiger partial charge in [0.05, 0.1) is 0 Å². The Morgan fingerprint density at radius 2 is 1.94 bits per heavy atom. The zero-order valence-electron chi connectivity index (χ0n) is 9.15. The summed E-state index contributed by atoms with van der Waals surface area (Å²) in [4.78, 5) is 1.30. The Labute approximate surface area is 103 Å². The van der Waals surface area contributed by atoms with Crippen LogP contribution in [0.2, 0.25) is 0 Å². The lowest BCUT2D eigenvalue weighted by Crippen LogP contribution is -2.00. The molecule has 0 radical (unpaired) electrons. The lowest BCUT2D eigenvalue weighted by Gasteiger charge is -2.04. The zero-order chi connectivity index (χ0) is 11.5. The average molecular weight is 241 g/mol. The van der Waals surface area contributed by atoms with Gasteiger partial charge in [0, 0.05) is 17.0 Å². The molecule has 1 aromatic carbocycles. The van der Waals surface area contributed by atoms with Gasteiger partial charge in [0.15, 0.2) is 0 Å². The summed E-state index contributed by atoms with van der Waals surface area (Å²) in [6.45, 7) is 0. The molecule has 4 heteroatoms. The van der Waals surface area contributed by atoms with Gasteiger partial charge in [-0.25, -0.2) is 0 Å². The molecule has 0 aliphatic heterocycles. The first kappa shape index (κ1) is 10.2. The van der Waals surface area contributed by atoms with Crippen molar-refractivity contribution >= 4 is 11.3 Å². The van der Waals surface area contributed by atoms with Crippen LogP contribution in [0.5, 0.6) is 0 Å². The molecule has 0 saturated carbocycles. The van der Waals surface area contributed by atoms with Crippen molar-refractivity contribution < 1.29 is 0 Å². The fourth-order valence-electron chi connectivity index (χ4n) is 1.75. The number of benzene rings is 1. The molecule has 0 atom stereocenters. The second-order valence-electron chi connectivity index (χ2n) is 3.71. The van der Waals surface area contributed by atoms with Crippen LogP contribution >= 0.6 is 11.3 Å². The number of rotatable bonds is 3. The predicted molar refractivity (Wildman–Crippen MR) is 68.5 cm³/mol. The fourth-order valence-corrected chi connectivity index (χ4v) is 2.45. The smallest absolute Gasteiger partial charge is 0.142 e. The molecular weight excluding hydrogens is 230 g/mol. The van der Waals surface area contributed by atoms with Gasteiger partial charge in [-0.2, -0.15) is 0 Å². The first-order chi connectivity index (χ1) is 8.43. The van der Waals surface area contributed by atoms with Gasteiger partial charge >= 0.3 is 0 Å². The molecular formula is C13H11N3S. The van der Waals surface area contributed by atoms with Crippen LogP contribution in [0.1, 0.15) is 10.7 Å². The van der Waals surface area contributed by atoms with Crippen LogP contribution < -0.4 is 0 Å². The van der Waals surface area contributed by atoms with Gasteiger partial charge in [-0.05, 0) is 23.6 Å². The highest BCUT2D eigenvalue weighted by molar-refractivity contribution is 7.09. The normalized spacial score (nSPS) is 10.6. The Morgan fingerprint density at radius 3 is 2.71 bits per heavy atom. The maximum atomic E-state index is 4.19. The van der Waals surface area contributed by atoms with Gasteiger partial charge in [-0.3, -0.25) is 4.57 Å². The summed E-state index contributed by atoms with van der Waals surface area (Å²) in [6.07, 6.45) is 2.59. The van der Waals surface area contributed by atoms with Crippen molar-refractivity contribution in [2.75, 3.05) is 0 Å². The summed E-state index contributed by atoms with van der Waals surface area (Å²) in [7, 11) is 0. The van der Waals surface area contributed by atoms with E-state index in [0.717, 1.165) is 17.9 Å². The monoisotopic (exact) mass is 241 g/mol. The molecule has 3 aromatic rings. The third-order valence-corrected chi connectivity index (χ3v) is 3.44. The molecule has 0 bridgehead atoms. The van der Waals surface area contributed by atoms with E-state index in [2.05, 4.69) is 39.8 Å². The minimum Gasteiger partial charge on any atom is -0.285 e. The zero-order valence-corrected chi connectivity index (χ0v) is 9.97. The van der Waals surface area contributed by atoms with Crippen LogP contribution in [0.3, 0.4) is 0 Å².